The first-order valence-corrected chi connectivity index (χ1v) is 5.50. The number of benzene rings is 1. The lowest BCUT2D eigenvalue weighted by Crippen LogP contribution is -1.91. The van der Waals surface area contributed by atoms with Crippen molar-refractivity contribution in [3.8, 4) is 22.3 Å². The summed E-state index contributed by atoms with van der Waals surface area (Å²) in [6, 6.07) is 11.5. The van der Waals surface area contributed by atoms with Crippen molar-refractivity contribution in [2.75, 3.05) is 12.8 Å². The van der Waals surface area contributed by atoms with Crippen LogP contribution >= 0.6 is 11.3 Å². The summed E-state index contributed by atoms with van der Waals surface area (Å²) in [7, 11) is 1.59. The molecule has 0 aliphatic carbocycles. The van der Waals surface area contributed by atoms with Crippen molar-refractivity contribution in [2.24, 2.45) is 0 Å². The minimum absolute atomic E-state index is 0.604. The second-order valence-corrected chi connectivity index (χ2v) is 4.32. The third-order valence-corrected chi connectivity index (χ3v) is 3.27. The fraction of sp³-hybridized carbons (Fsp3) is 0.0833. The second kappa shape index (κ2) is 4.25. The van der Waals surface area contributed by atoms with Crippen LogP contribution in [0.4, 0.5) is 5.69 Å². The van der Waals surface area contributed by atoms with Gasteiger partial charge in [-0.15, -0.1) is 11.3 Å². The van der Waals surface area contributed by atoms with Crippen LogP contribution in [-0.2, 0) is 0 Å². The van der Waals surface area contributed by atoms with Crippen LogP contribution in [0.15, 0.2) is 30.3 Å². The first-order chi connectivity index (χ1) is 7.74. The van der Waals surface area contributed by atoms with Gasteiger partial charge >= 0.3 is 0 Å². The second-order valence-electron chi connectivity index (χ2n) is 3.23. The third-order valence-electron chi connectivity index (χ3n) is 2.23. The average molecular weight is 230 g/mol. The van der Waals surface area contributed by atoms with Gasteiger partial charge in [-0.3, -0.25) is 0 Å². The van der Waals surface area contributed by atoms with Gasteiger partial charge in [-0.05, 0) is 35.9 Å². The summed E-state index contributed by atoms with van der Waals surface area (Å²) in [5.74, 6) is 0.667. The molecule has 0 saturated carbocycles. The summed E-state index contributed by atoms with van der Waals surface area (Å²) in [5, 5.41) is 8.75. The molecular weight excluding hydrogens is 220 g/mol. The van der Waals surface area contributed by atoms with Crippen molar-refractivity contribution in [3.63, 3.8) is 0 Å². The van der Waals surface area contributed by atoms with Crippen molar-refractivity contribution in [1.29, 1.82) is 5.26 Å². The van der Waals surface area contributed by atoms with Gasteiger partial charge in [-0.2, -0.15) is 5.26 Å². The molecule has 2 rings (SSSR count). The Balaban J connectivity index is 2.42. The van der Waals surface area contributed by atoms with Crippen molar-refractivity contribution in [3.05, 3.63) is 35.2 Å². The molecule has 0 amide bonds. The van der Waals surface area contributed by atoms with Gasteiger partial charge in [0, 0.05) is 4.88 Å². The van der Waals surface area contributed by atoms with Gasteiger partial charge in [-0.25, -0.2) is 0 Å². The number of nitrogen functional groups attached to an aromatic ring is 1. The largest absolute Gasteiger partial charge is 0.495 e. The molecule has 4 heteroatoms. The number of ether oxygens (including phenoxy) is 1. The number of nitrogens with zero attached hydrogens (tertiary/aromatic N) is 1. The van der Waals surface area contributed by atoms with Crippen molar-refractivity contribution in [2.45, 2.75) is 0 Å². The zero-order valence-corrected chi connectivity index (χ0v) is 9.54. The number of nitriles is 1. The van der Waals surface area contributed by atoms with Gasteiger partial charge in [0.1, 0.15) is 16.7 Å². The predicted molar refractivity (Wildman–Crippen MR) is 65.4 cm³/mol. The number of rotatable bonds is 2. The normalized spacial score (nSPS) is 9.75. The Morgan fingerprint density at radius 2 is 2.12 bits per heavy atom. The molecule has 0 aliphatic rings. The molecule has 0 fully saturated rings. The maximum atomic E-state index is 8.75. The van der Waals surface area contributed by atoms with Crippen LogP contribution in [0.3, 0.4) is 0 Å². The van der Waals surface area contributed by atoms with Crippen LogP contribution in [0.25, 0.3) is 10.4 Å². The molecule has 0 atom stereocenters. The molecule has 0 aliphatic heterocycles. The van der Waals surface area contributed by atoms with Gasteiger partial charge < -0.3 is 10.5 Å². The highest BCUT2D eigenvalue weighted by atomic mass is 32.1. The van der Waals surface area contributed by atoms with Crippen LogP contribution in [0.2, 0.25) is 0 Å². The van der Waals surface area contributed by atoms with E-state index in [0.717, 1.165) is 10.4 Å². The maximum absolute atomic E-state index is 8.75. The van der Waals surface area contributed by atoms with E-state index in [2.05, 4.69) is 6.07 Å². The average Bonchev–Trinajstić information content (AvgIpc) is 2.77. The van der Waals surface area contributed by atoms with Gasteiger partial charge in [0.25, 0.3) is 0 Å². The topological polar surface area (TPSA) is 59.0 Å². The van der Waals surface area contributed by atoms with E-state index in [1.165, 1.54) is 11.3 Å². The van der Waals surface area contributed by atoms with Crippen molar-refractivity contribution in [1.82, 2.24) is 0 Å². The van der Waals surface area contributed by atoms with Crippen LogP contribution in [0, 0.1) is 11.3 Å². The molecule has 0 saturated heterocycles. The number of methoxy groups -OCH3 is 1. The fourth-order valence-corrected chi connectivity index (χ4v) is 2.24. The van der Waals surface area contributed by atoms with Crippen LogP contribution in [0.1, 0.15) is 4.88 Å². The van der Waals surface area contributed by atoms with Crippen molar-refractivity contribution >= 4 is 17.0 Å². The number of hydrogen-bond acceptors (Lipinski definition) is 4. The predicted octanol–water partition coefficient (Wildman–Crippen LogP) is 2.88. The summed E-state index contributed by atoms with van der Waals surface area (Å²) in [6.45, 7) is 0. The number of anilines is 1. The van der Waals surface area contributed by atoms with Crippen LogP contribution in [0.5, 0.6) is 5.75 Å². The lowest BCUT2D eigenvalue weighted by molar-refractivity contribution is 0.417. The van der Waals surface area contributed by atoms with E-state index in [1.807, 2.05) is 24.3 Å². The molecule has 16 heavy (non-hydrogen) atoms. The molecule has 2 N–H and O–H groups in total. The number of thiophene rings is 1. The summed E-state index contributed by atoms with van der Waals surface area (Å²) in [5.41, 5.74) is 7.43. The SMILES string of the molecule is COc1ccc(-c2ccc(C#N)s2)cc1N. The highest BCUT2D eigenvalue weighted by molar-refractivity contribution is 7.16. The molecular formula is C12H10N2OS. The summed E-state index contributed by atoms with van der Waals surface area (Å²) < 4.78 is 5.09. The molecule has 0 bridgehead atoms. The van der Waals surface area contributed by atoms with E-state index in [0.29, 0.717) is 16.3 Å². The van der Waals surface area contributed by atoms with Crippen LogP contribution < -0.4 is 10.5 Å². The Bertz CT molecular complexity index is 554. The first kappa shape index (κ1) is 10.5. The van der Waals surface area contributed by atoms with Gasteiger partial charge in [0.15, 0.2) is 0 Å². The maximum Gasteiger partial charge on any atom is 0.141 e. The Morgan fingerprint density at radius 3 is 2.69 bits per heavy atom. The molecule has 0 spiro atoms. The molecule has 1 aromatic heterocycles. The Hall–Kier alpha value is -1.99. The lowest BCUT2D eigenvalue weighted by atomic mass is 10.1. The van der Waals surface area contributed by atoms with E-state index in [4.69, 9.17) is 15.7 Å². The lowest BCUT2D eigenvalue weighted by Gasteiger charge is -2.05. The monoisotopic (exact) mass is 230 g/mol. The highest BCUT2D eigenvalue weighted by Gasteiger charge is 2.05. The van der Waals surface area contributed by atoms with Gasteiger partial charge in [0.2, 0.25) is 0 Å². The van der Waals surface area contributed by atoms with Gasteiger partial charge in [-0.1, -0.05) is 0 Å². The molecule has 0 radical (unpaired) electrons. The summed E-state index contributed by atoms with van der Waals surface area (Å²) in [6.07, 6.45) is 0. The standard InChI is InChI=1S/C12H10N2OS/c1-15-11-4-2-8(6-10(11)14)12-5-3-9(7-13)16-12/h2-6H,14H2,1H3. The first-order valence-electron chi connectivity index (χ1n) is 4.68. The van der Waals surface area contributed by atoms with E-state index < -0.39 is 0 Å². The number of nitrogens with two attached hydrogens (primary N) is 1. The molecule has 0 unspecified atom stereocenters. The highest BCUT2D eigenvalue weighted by Crippen LogP contribution is 2.32. The van der Waals surface area contributed by atoms with Gasteiger partial charge in [0.05, 0.1) is 12.8 Å². The Labute approximate surface area is 97.7 Å². The van der Waals surface area contributed by atoms with E-state index in [9.17, 15) is 0 Å². The Morgan fingerprint density at radius 1 is 1.31 bits per heavy atom. The molecule has 1 aromatic carbocycles. The minimum atomic E-state index is 0.604. The summed E-state index contributed by atoms with van der Waals surface area (Å²) in [4.78, 5) is 1.73. The van der Waals surface area contributed by atoms with E-state index in [1.54, 1.807) is 13.2 Å². The number of hydrogen-bond donors (Lipinski definition) is 1. The zero-order chi connectivity index (χ0) is 11.5. The molecule has 3 nitrogen and oxygen atoms in total. The van der Waals surface area contributed by atoms with Crippen molar-refractivity contribution < 1.29 is 4.74 Å². The summed E-state index contributed by atoms with van der Waals surface area (Å²) >= 11 is 1.45. The molecule has 2 aromatic rings. The Kier molecular flexibility index (Phi) is 2.80. The van der Waals surface area contributed by atoms with E-state index >= 15 is 0 Å². The fourth-order valence-electron chi connectivity index (χ4n) is 1.44. The van der Waals surface area contributed by atoms with Crippen LogP contribution in [-0.4, -0.2) is 7.11 Å². The molecule has 80 valence electrons. The third kappa shape index (κ3) is 1.86. The smallest absolute Gasteiger partial charge is 0.141 e. The zero-order valence-electron chi connectivity index (χ0n) is 8.73. The van der Waals surface area contributed by atoms with E-state index in [-0.39, 0.29) is 0 Å². The quantitative estimate of drug-likeness (QED) is 0.807. The molecule has 1 heterocycles. The minimum Gasteiger partial charge on any atom is -0.495 e.